The summed E-state index contributed by atoms with van der Waals surface area (Å²) in [7, 11) is 0. The maximum absolute atomic E-state index is 12.7. The van der Waals surface area contributed by atoms with E-state index in [2.05, 4.69) is 11.4 Å². The van der Waals surface area contributed by atoms with Crippen LogP contribution >= 0.6 is 11.3 Å². The molecule has 2 heterocycles. The summed E-state index contributed by atoms with van der Waals surface area (Å²) in [5.41, 5.74) is 6.98. The molecule has 0 spiro atoms. The summed E-state index contributed by atoms with van der Waals surface area (Å²) in [6.45, 7) is 4.06. The number of nitrogens with two attached hydrogens (primary N) is 1. The van der Waals surface area contributed by atoms with Crippen LogP contribution in [0.25, 0.3) is 0 Å². The number of ether oxygens (including phenoxy) is 2. The molecule has 0 unspecified atom stereocenters. The molecule has 118 valence electrons. The lowest BCUT2D eigenvalue weighted by Gasteiger charge is -2.06. The van der Waals surface area contributed by atoms with Gasteiger partial charge in [0.2, 0.25) is 12.6 Å². The average molecular weight is 329 g/mol. The molecule has 1 aromatic carbocycles. The molecule has 0 atom stereocenters. The minimum Gasteiger partial charge on any atom is -0.454 e. The molecule has 3 rings (SSSR count). The molecular formula is C16H15N3O3S. The lowest BCUT2D eigenvalue weighted by atomic mass is 10.1. The number of carbonyl (C=O) groups excluding carboxylic acids is 1. The van der Waals surface area contributed by atoms with Gasteiger partial charge in [0.15, 0.2) is 11.5 Å². The van der Waals surface area contributed by atoms with Crippen LogP contribution in [0.3, 0.4) is 0 Å². The predicted molar refractivity (Wildman–Crippen MR) is 88.2 cm³/mol. The summed E-state index contributed by atoms with van der Waals surface area (Å²) in [4.78, 5) is 13.1. The van der Waals surface area contributed by atoms with Crippen LogP contribution in [0, 0.1) is 11.3 Å². The van der Waals surface area contributed by atoms with Crippen LogP contribution in [0.1, 0.15) is 34.6 Å². The number of benzene rings is 1. The molecule has 0 aliphatic carbocycles. The Labute approximate surface area is 137 Å². The Morgan fingerprint density at radius 1 is 1.39 bits per heavy atom. The highest BCUT2D eigenvalue weighted by Crippen LogP contribution is 2.38. The third-order valence-corrected chi connectivity index (χ3v) is 4.45. The van der Waals surface area contributed by atoms with Crippen molar-refractivity contribution in [2.24, 2.45) is 0 Å². The van der Waals surface area contributed by atoms with Gasteiger partial charge in [-0.05, 0) is 32.0 Å². The molecule has 2 aromatic rings. The van der Waals surface area contributed by atoms with E-state index in [4.69, 9.17) is 15.2 Å². The van der Waals surface area contributed by atoms with Crippen LogP contribution in [0.5, 0.6) is 11.5 Å². The maximum Gasteiger partial charge on any atom is 0.231 e. The minimum absolute atomic E-state index is 0.133. The van der Waals surface area contributed by atoms with Crippen molar-refractivity contribution in [3.63, 3.8) is 0 Å². The number of rotatable bonds is 4. The van der Waals surface area contributed by atoms with Gasteiger partial charge in [0.1, 0.15) is 21.5 Å². The standard InChI is InChI=1S/C16H15N3O3S/c1-8(2)19-16-10(6-17)13(18)15(23-16)14(20)9-3-4-11-12(5-9)22-7-21-11/h3-5,8,19H,7,18H2,1-2H3. The van der Waals surface area contributed by atoms with Gasteiger partial charge in [0.05, 0.1) is 5.69 Å². The molecule has 0 fully saturated rings. The van der Waals surface area contributed by atoms with Crippen LogP contribution in [-0.2, 0) is 0 Å². The van der Waals surface area contributed by atoms with Crippen molar-refractivity contribution < 1.29 is 14.3 Å². The van der Waals surface area contributed by atoms with Crippen molar-refractivity contribution in [1.82, 2.24) is 0 Å². The second-order valence-electron chi connectivity index (χ2n) is 5.36. The summed E-state index contributed by atoms with van der Waals surface area (Å²) in [5.74, 6) is 0.909. The Morgan fingerprint density at radius 3 is 2.83 bits per heavy atom. The van der Waals surface area contributed by atoms with Gasteiger partial charge < -0.3 is 20.5 Å². The van der Waals surface area contributed by atoms with Crippen LogP contribution in [0.2, 0.25) is 0 Å². The summed E-state index contributed by atoms with van der Waals surface area (Å²) >= 11 is 1.20. The van der Waals surface area contributed by atoms with E-state index < -0.39 is 0 Å². The number of ketones is 1. The first-order valence-electron chi connectivity index (χ1n) is 7.04. The van der Waals surface area contributed by atoms with Crippen LogP contribution in [-0.4, -0.2) is 18.6 Å². The van der Waals surface area contributed by atoms with E-state index in [1.54, 1.807) is 18.2 Å². The molecule has 0 saturated heterocycles. The van der Waals surface area contributed by atoms with E-state index in [1.807, 2.05) is 13.8 Å². The normalized spacial score (nSPS) is 12.3. The lowest BCUT2D eigenvalue weighted by Crippen LogP contribution is -2.09. The van der Waals surface area contributed by atoms with Crippen molar-refractivity contribution in [1.29, 1.82) is 5.26 Å². The Balaban J connectivity index is 2.00. The molecular weight excluding hydrogens is 314 g/mol. The Morgan fingerprint density at radius 2 is 2.13 bits per heavy atom. The molecule has 1 aliphatic heterocycles. The Kier molecular flexibility index (Phi) is 3.84. The van der Waals surface area contributed by atoms with E-state index in [1.165, 1.54) is 11.3 Å². The summed E-state index contributed by atoms with van der Waals surface area (Å²) in [6, 6.07) is 7.18. The lowest BCUT2D eigenvalue weighted by molar-refractivity contribution is 0.104. The molecule has 1 aliphatic rings. The highest BCUT2D eigenvalue weighted by Gasteiger charge is 2.24. The predicted octanol–water partition coefficient (Wildman–Crippen LogP) is 2.98. The third-order valence-electron chi connectivity index (χ3n) is 3.32. The SMILES string of the molecule is CC(C)Nc1sc(C(=O)c2ccc3c(c2)OCO3)c(N)c1C#N. The number of hydrogen-bond donors (Lipinski definition) is 2. The van der Waals surface area contributed by atoms with E-state index in [0.29, 0.717) is 32.5 Å². The first-order chi connectivity index (χ1) is 11.0. The number of nitrogen functional groups attached to an aromatic ring is 1. The average Bonchev–Trinajstić information content (AvgIpc) is 3.09. The number of fused-ring (bicyclic) bond motifs is 1. The fourth-order valence-corrected chi connectivity index (χ4v) is 3.44. The van der Waals surface area contributed by atoms with Crippen molar-refractivity contribution in [2.45, 2.75) is 19.9 Å². The molecule has 7 heteroatoms. The van der Waals surface area contributed by atoms with Gasteiger partial charge in [0, 0.05) is 11.6 Å². The molecule has 6 nitrogen and oxygen atoms in total. The molecule has 3 N–H and O–H groups in total. The number of nitrogens with one attached hydrogen (secondary N) is 1. The number of anilines is 2. The summed E-state index contributed by atoms with van der Waals surface area (Å²) in [6.07, 6.45) is 0. The molecule has 23 heavy (non-hydrogen) atoms. The van der Waals surface area contributed by atoms with E-state index in [9.17, 15) is 10.1 Å². The highest BCUT2D eigenvalue weighted by atomic mass is 32.1. The maximum atomic E-state index is 12.7. The first-order valence-corrected chi connectivity index (χ1v) is 7.86. The Bertz CT molecular complexity index is 821. The second-order valence-corrected chi connectivity index (χ2v) is 6.38. The van der Waals surface area contributed by atoms with Gasteiger partial charge in [-0.3, -0.25) is 4.79 Å². The monoisotopic (exact) mass is 329 g/mol. The topological polar surface area (TPSA) is 97.4 Å². The fraction of sp³-hybridized carbons (Fsp3) is 0.250. The molecule has 0 bridgehead atoms. The highest BCUT2D eigenvalue weighted by molar-refractivity contribution is 7.19. The van der Waals surface area contributed by atoms with Crippen LogP contribution < -0.4 is 20.5 Å². The second kappa shape index (κ2) is 5.82. The van der Waals surface area contributed by atoms with E-state index >= 15 is 0 Å². The smallest absolute Gasteiger partial charge is 0.231 e. The van der Waals surface area contributed by atoms with Crippen molar-refractivity contribution in [3.05, 3.63) is 34.2 Å². The zero-order valence-electron chi connectivity index (χ0n) is 12.7. The van der Waals surface area contributed by atoms with Crippen molar-refractivity contribution in [3.8, 4) is 17.6 Å². The van der Waals surface area contributed by atoms with Crippen LogP contribution in [0.4, 0.5) is 10.7 Å². The van der Waals surface area contributed by atoms with Gasteiger partial charge in [-0.15, -0.1) is 11.3 Å². The van der Waals surface area contributed by atoms with Gasteiger partial charge in [-0.25, -0.2) is 0 Å². The van der Waals surface area contributed by atoms with E-state index in [0.717, 1.165) is 0 Å². The summed E-state index contributed by atoms with van der Waals surface area (Å²) in [5, 5.41) is 13.1. The van der Waals surface area contributed by atoms with Crippen LogP contribution in [0.15, 0.2) is 18.2 Å². The largest absolute Gasteiger partial charge is 0.454 e. The molecule has 1 aromatic heterocycles. The van der Waals surface area contributed by atoms with Crippen molar-refractivity contribution >= 4 is 27.8 Å². The number of nitriles is 1. The van der Waals surface area contributed by atoms with Gasteiger partial charge >= 0.3 is 0 Å². The van der Waals surface area contributed by atoms with E-state index in [-0.39, 0.29) is 24.3 Å². The molecule has 0 saturated carbocycles. The van der Waals surface area contributed by atoms with Gasteiger partial charge in [0.25, 0.3) is 0 Å². The van der Waals surface area contributed by atoms with Gasteiger partial charge in [-0.2, -0.15) is 5.26 Å². The quantitative estimate of drug-likeness (QED) is 0.837. The fourth-order valence-electron chi connectivity index (χ4n) is 2.26. The minimum atomic E-state index is -0.237. The number of carbonyl (C=O) groups is 1. The molecule has 0 radical (unpaired) electrons. The van der Waals surface area contributed by atoms with Gasteiger partial charge in [-0.1, -0.05) is 0 Å². The summed E-state index contributed by atoms with van der Waals surface area (Å²) < 4.78 is 10.5. The Hall–Kier alpha value is -2.72. The zero-order valence-corrected chi connectivity index (χ0v) is 13.5. The third kappa shape index (κ3) is 2.69. The first kappa shape index (κ1) is 15.2. The molecule has 0 amide bonds. The number of nitrogens with zero attached hydrogens (tertiary/aromatic N) is 1. The van der Waals surface area contributed by atoms with Crippen molar-refractivity contribution in [2.75, 3.05) is 17.8 Å². The zero-order chi connectivity index (χ0) is 16.6. The number of thiophene rings is 1. The number of hydrogen-bond acceptors (Lipinski definition) is 7.